The van der Waals surface area contributed by atoms with Gasteiger partial charge in [-0.2, -0.15) is 0 Å². The first-order valence-electron chi connectivity index (χ1n) is 8.95. The van der Waals surface area contributed by atoms with Crippen LogP contribution in [0.4, 0.5) is 5.69 Å². The molecular formula is C21H25ClN2O4. The predicted molar refractivity (Wildman–Crippen MR) is 110 cm³/mol. The molecule has 0 spiro atoms. The molecule has 0 radical (unpaired) electrons. The molecule has 28 heavy (non-hydrogen) atoms. The minimum Gasteiger partial charge on any atom is -0.497 e. The van der Waals surface area contributed by atoms with E-state index >= 15 is 0 Å². The van der Waals surface area contributed by atoms with Gasteiger partial charge in [0.1, 0.15) is 11.5 Å². The van der Waals surface area contributed by atoms with Gasteiger partial charge < -0.3 is 20.1 Å². The van der Waals surface area contributed by atoms with Crippen molar-refractivity contribution in [2.75, 3.05) is 12.4 Å². The molecular weight excluding hydrogens is 380 g/mol. The highest BCUT2D eigenvalue weighted by Gasteiger charge is 2.19. The molecule has 0 saturated heterocycles. The molecule has 0 bridgehead atoms. The number of anilines is 1. The number of rotatable bonds is 8. The van der Waals surface area contributed by atoms with Gasteiger partial charge in [0.05, 0.1) is 31.4 Å². The van der Waals surface area contributed by atoms with Crippen molar-refractivity contribution in [3.05, 3.63) is 53.1 Å². The maximum Gasteiger partial charge on any atom is 0.226 e. The Labute approximate surface area is 170 Å². The minimum atomic E-state index is -0.477. The van der Waals surface area contributed by atoms with E-state index in [9.17, 15) is 9.59 Å². The molecule has 0 fully saturated rings. The number of benzene rings is 2. The van der Waals surface area contributed by atoms with E-state index in [1.165, 1.54) is 6.92 Å². The van der Waals surface area contributed by atoms with Crippen LogP contribution in [0.5, 0.6) is 11.5 Å². The third kappa shape index (κ3) is 6.46. The van der Waals surface area contributed by atoms with Crippen LogP contribution < -0.4 is 20.1 Å². The normalized spacial score (nSPS) is 11.6. The molecule has 0 aromatic heterocycles. The van der Waals surface area contributed by atoms with Gasteiger partial charge in [0.25, 0.3) is 0 Å². The second-order valence-electron chi connectivity index (χ2n) is 6.59. The lowest BCUT2D eigenvalue weighted by Gasteiger charge is -2.20. The van der Waals surface area contributed by atoms with Crippen LogP contribution in [0.2, 0.25) is 5.02 Å². The monoisotopic (exact) mass is 404 g/mol. The summed E-state index contributed by atoms with van der Waals surface area (Å²) in [6, 6.07) is 11.8. The summed E-state index contributed by atoms with van der Waals surface area (Å²) in [5.41, 5.74) is 1.30. The lowest BCUT2D eigenvalue weighted by Crippen LogP contribution is -2.29. The maximum atomic E-state index is 12.7. The van der Waals surface area contributed by atoms with Crippen molar-refractivity contribution in [2.24, 2.45) is 0 Å². The molecule has 0 aliphatic heterocycles. The number of nitrogens with one attached hydrogen (secondary N) is 2. The van der Waals surface area contributed by atoms with E-state index < -0.39 is 6.04 Å². The molecule has 7 heteroatoms. The number of halogens is 1. The van der Waals surface area contributed by atoms with Gasteiger partial charge in [0, 0.05) is 18.0 Å². The first-order chi connectivity index (χ1) is 13.3. The Morgan fingerprint density at radius 3 is 2.36 bits per heavy atom. The number of methoxy groups -OCH3 is 1. The van der Waals surface area contributed by atoms with Crippen molar-refractivity contribution >= 4 is 29.1 Å². The first-order valence-corrected chi connectivity index (χ1v) is 9.33. The molecule has 6 nitrogen and oxygen atoms in total. The van der Waals surface area contributed by atoms with Crippen molar-refractivity contribution in [3.8, 4) is 11.5 Å². The molecule has 0 heterocycles. The van der Waals surface area contributed by atoms with Crippen LogP contribution in [-0.2, 0) is 9.59 Å². The van der Waals surface area contributed by atoms with E-state index in [-0.39, 0.29) is 24.3 Å². The van der Waals surface area contributed by atoms with E-state index in [4.69, 9.17) is 21.1 Å². The van der Waals surface area contributed by atoms with Crippen molar-refractivity contribution in [1.82, 2.24) is 5.32 Å². The number of hydrogen-bond acceptors (Lipinski definition) is 4. The van der Waals surface area contributed by atoms with E-state index in [2.05, 4.69) is 10.6 Å². The number of carbonyl (C=O) groups excluding carboxylic acids is 2. The standard InChI is InChI=1S/C21H25ClN2O4/c1-13(2)28-20-10-9-17(27-4)11-19(20)24-21(26)12-18(23-14(3)25)15-5-7-16(22)8-6-15/h5-11,13,18H,12H2,1-4H3,(H,23,25)(H,24,26). The third-order valence-corrected chi connectivity index (χ3v) is 4.11. The Morgan fingerprint density at radius 2 is 1.79 bits per heavy atom. The molecule has 2 amide bonds. The van der Waals surface area contributed by atoms with E-state index in [0.717, 1.165) is 5.56 Å². The van der Waals surface area contributed by atoms with Gasteiger partial charge in [0.15, 0.2) is 0 Å². The zero-order valence-electron chi connectivity index (χ0n) is 16.4. The summed E-state index contributed by atoms with van der Waals surface area (Å²) in [6.07, 6.45) is 0.00440. The summed E-state index contributed by atoms with van der Waals surface area (Å²) in [5, 5.41) is 6.24. The lowest BCUT2D eigenvalue weighted by atomic mass is 10.0. The van der Waals surface area contributed by atoms with Gasteiger partial charge in [0.2, 0.25) is 11.8 Å². The Kier molecular flexibility index (Phi) is 7.70. The molecule has 2 aromatic rings. The fourth-order valence-electron chi connectivity index (χ4n) is 2.67. The van der Waals surface area contributed by atoms with E-state index in [1.807, 2.05) is 13.8 Å². The second-order valence-corrected chi connectivity index (χ2v) is 7.02. The Bertz CT molecular complexity index is 822. The summed E-state index contributed by atoms with van der Waals surface area (Å²) in [7, 11) is 1.55. The highest BCUT2D eigenvalue weighted by atomic mass is 35.5. The summed E-state index contributed by atoms with van der Waals surface area (Å²) in [6.45, 7) is 5.23. The Hall–Kier alpha value is -2.73. The Balaban J connectivity index is 2.19. The molecule has 0 aliphatic rings. The van der Waals surface area contributed by atoms with Crippen LogP contribution in [0.15, 0.2) is 42.5 Å². The zero-order chi connectivity index (χ0) is 20.7. The summed E-state index contributed by atoms with van der Waals surface area (Å²) in [4.78, 5) is 24.3. The van der Waals surface area contributed by atoms with E-state index in [1.54, 1.807) is 49.6 Å². The van der Waals surface area contributed by atoms with Crippen molar-refractivity contribution < 1.29 is 19.1 Å². The molecule has 0 aliphatic carbocycles. The molecule has 150 valence electrons. The van der Waals surface area contributed by atoms with Gasteiger partial charge in [-0.1, -0.05) is 23.7 Å². The van der Waals surface area contributed by atoms with Crippen molar-refractivity contribution in [2.45, 2.75) is 39.3 Å². The Morgan fingerprint density at radius 1 is 1.11 bits per heavy atom. The van der Waals surface area contributed by atoms with Gasteiger partial charge in [-0.25, -0.2) is 0 Å². The maximum absolute atomic E-state index is 12.7. The highest BCUT2D eigenvalue weighted by Crippen LogP contribution is 2.31. The van der Waals surface area contributed by atoms with Crippen molar-refractivity contribution in [1.29, 1.82) is 0 Å². The van der Waals surface area contributed by atoms with Crippen molar-refractivity contribution in [3.63, 3.8) is 0 Å². The average Bonchev–Trinajstić information content (AvgIpc) is 2.62. The fraction of sp³-hybridized carbons (Fsp3) is 0.333. The quantitative estimate of drug-likeness (QED) is 0.686. The summed E-state index contributed by atoms with van der Waals surface area (Å²) < 4.78 is 11.0. The second kappa shape index (κ2) is 9.99. The topological polar surface area (TPSA) is 76.7 Å². The number of ether oxygens (including phenoxy) is 2. The summed E-state index contributed by atoms with van der Waals surface area (Å²) in [5.74, 6) is 0.655. The zero-order valence-corrected chi connectivity index (χ0v) is 17.2. The predicted octanol–water partition coefficient (Wildman–Crippen LogP) is 4.34. The van der Waals surface area contributed by atoms with Crippen LogP contribution in [0.1, 0.15) is 38.8 Å². The lowest BCUT2D eigenvalue weighted by molar-refractivity contribution is -0.120. The van der Waals surface area contributed by atoms with Gasteiger partial charge >= 0.3 is 0 Å². The molecule has 1 unspecified atom stereocenters. The van der Waals surface area contributed by atoms with Crippen LogP contribution in [-0.4, -0.2) is 25.0 Å². The third-order valence-electron chi connectivity index (χ3n) is 3.86. The van der Waals surface area contributed by atoms with Crippen LogP contribution >= 0.6 is 11.6 Å². The largest absolute Gasteiger partial charge is 0.497 e. The molecule has 0 saturated carbocycles. The smallest absolute Gasteiger partial charge is 0.226 e. The SMILES string of the molecule is COc1ccc(OC(C)C)c(NC(=O)CC(NC(C)=O)c2ccc(Cl)cc2)c1. The summed E-state index contributed by atoms with van der Waals surface area (Å²) >= 11 is 5.93. The van der Waals surface area contributed by atoms with E-state index in [0.29, 0.717) is 22.2 Å². The molecule has 2 N–H and O–H groups in total. The highest BCUT2D eigenvalue weighted by molar-refractivity contribution is 6.30. The molecule has 2 rings (SSSR count). The van der Waals surface area contributed by atoms with Crippen LogP contribution in [0.3, 0.4) is 0 Å². The first kappa shape index (κ1) is 21.6. The fourth-order valence-corrected chi connectivity index (χ4v) is 2.80. The number of hydrogen-bond donors (Lipinski definition) is 2. The van der Waals surface area contributed by atoms with Gasteiger partial charge in [-0.3, -0.25) is 9.59 Å². The van der Waals surface area contributed by atoms with Crippen LogP contribution in [0.25, 0.3) is 0 Å². The minimum absolute atomic E-state index is 0.0507. The molecule has 2 aromatic carbocycles. The van der Waals surface area contributed by atoms with Gasteiger partial charge in [-0.05, 0) is 43.7 Å². The van der Waals surface area contributed by atoms with Gasteiger partial charge in [-0.15, -0.1) is 0 Å². The average molecular weight is 405 g/mol. The number of amides is 2. The van der Waals surface area contributed by atoms with Crippen LogP contribution in [0, 0.1) is 0 Å². The number of carbonyl (C=O) groups is 2. The molecule has 1 atom stereocenters.